The molecule has 22 heavy (non-hydrogen) atoms. The van der Waals surface area contributed by atoms with Crippen molar-refractivity contribution in [3.8, 4) is 0 Å². The summed E-state index contributed by atoms with van der Waals surface area (Å²) in [6, 6.07) is 1.71. The molecule has 1 N–H and O–H groups in total. The van der Waals surface area contributed by atoms with Crippen LogP contribution >= 0.6 is 11.6 Å². The van der Waals surface area contributed by atoms with Gasteiger partial charge in [0.05, 0.1) is 11.1 Å². The van der Waals surface area contributed by atoms with Gasteiger partial charge in [-0.05, 0) is 13.0 Å². The zero-order valence-electron chi connectivity index (χ0n) is 12.5. The molecule has 1 fully saturated rings. The smallest absolute Gasteiger partial charge is 0.270 e. The summed E-state index contributed by atoms with van der Waals surface area (Å²) in [7, 11) is 0. The highest BCUT2D eigenvalue weighted by Gasteiger charge is 2.28. The van der Waals surface area contributed by atoms with Crippen LogP contribution in [0.3, 0.4) is 0 Å². The Balaban J connectivity index is 1.59. The largest absolute Gasteiger partial charge is 0.424 e. The number of hydrogen-bond acceptors (Lipinski definition) is 5. The average molecular weight is 324 g/mol. The number of piperazine rings is 1. The van der Waals surface area contributed by atoms with Crippen molar-refractivity contribution in [3.05, 3.63) is 34.8 Å². The van der Waals surface area contributed by atoms with Crippen LogP contribution in [0.5, 0.6) is 0 Å². The number of nitrogens with one attached hydrogen (secondary N) is 1. The number of hydrogen-bond donors (Lipinski definition) is 1. The number of rotatable bonds is 3. The first-order valence-corrected chi connectivity index (χ1v) is 7.59. The molecule has 0 saturated carbocycles. The Hall–Kier alpha value is -1.86. The SMILES string of the molecule is Cc1nnc([C@H](C)N2CCN(C(=O)c3cc(Cl)c[nH]3)CC2)o1. The Morgan fingerprint density at radius 1 is 1.36 bits per heavy atom. The summed E-state index contributed by atoms with van der Waals surface area (Å²) in [6.07, 6.45) is 1.62. The average Bonchev–Trinajstić information content (AvgIpc) is 3.14. The normalized spacial score (nSPS) is 17.7. The van der Waals surface area contributed by atoms with Crippen molar-refractivity contribution < 1.29 is 9.21 Å². The van der Waals surface area contributed by atoms with Gasteiger partial charge < -0.3 is 14.3 Å². The lowest BCUT2D eigenvalue weighted by atomic mass is 10.2. The predicted molar refractivity (Wildman–Crippen MR) is 80.7 cm³/mol. The van der Waals surface area contributed by atoms with E-state index >= 15 is 0 Å². The van der Waals surface area contributed by atoms with Crippen LogP contribution in [-0.2, 0) is 0 Å². The maximum Gasteiger partial charge on any atom is 0.270 e. The molecule has 0 spiro atoms. The van der Waals surface area contributed by atoms with Gasteiger partial charge in [-0.1, -0.05) is 11.6 Å². The molecule has 1 aliphatic rings. The third kappa shape index (κ3) is 3.00. The first-order valence-electron chi connectivity index (χ1n) is 7.22. The van der Waals surface area contributed by atoms with Gasteiger partial charge in [-0.25, -0.2) is 0 Å². The van der Waals surface area contributed by atoms with E-state index in [0.29, 0.717) is 35.6 Å². The van der Waals surface area contributed by atoms with Crippen LogP contribution in [0.1, 0.15) is 35.2 Å². The van der Waals surface area contributed by atoms with E-state index in [0.717, 1.165) is 13.1 Å². The zero-order valence-corrected chi connectivity index (χ0v) is 13.3. The second kappa shape index (κ2) is 6.10. The molecule has 8 heteroatoms. The molecule has 3 heterocycles. The minimum Gasteiger partial charge on any atom is -0.424 e. The van der Waals surface area contributed by atoms with E-state index in [1.54, 1.807) is 19.2 Å². The number of nitrogens with zero attached hydrogens (tertiary/aromatic N) is 4. The topological polar surface area (TPSA) is 78.3 Å². The molecule has 1 atom stereocenters. The second-order valence-corrected chi connectivity index (χ2v) is 5.83. The van der Waals surface area contributed by atoms with E-state index in [9.17, 15) is 4.79 Å². The maximum absolute atomic E-state index is 12.3. The quantitative estimate of drug-likeness (QED) is 0.933. The predicted octanol–water partition coefficient (Wildman–Crippen LogP) is 1.88. The van der Waals surface area contributed by atoms with E-state index < -0.39 is 0 Å². The first kappa shape index (κ1) is 15.1. The molecule has 2 aromatic rings. The van der Waals surface area contributed by atoms with Crippen molar-refractivity contribution in [2.24, 2.45) is 0 Å². The number of carbonyl (C=O) groups is 1. The van der Waals surface area contributed by atoms with E-state index in [1.807, 2.05) is 11.8 Å². The molecule has 118 valence electrons. The molecule has 0 aliphatic carbocycles. The van der Waals surface area contributed by atoms with Crippen molar-refractivity contribution in [1.82, 2.24) is 25.0 Å². The van der Waals surface area contributed by atoms with Crippen LogP contribution < -0.4 is 0 Å². The molecule has 1 saturated heterocycles. The number of aryl methyl sites for hydroxylation is 1. The van der Waals surface area contributed by atoms with E-state index in [2.05, 4.69) is 20.1 Å². The van der Waals surface area contributed by atoms with Crippen LogP contribution in [0.25, 0.3) is 0 Å². The highest BCUT2D eigenvalue weighted by Crippen LogP contribution is 2.21. The molecule has 2 aromatic heterocycles. The van der Waals surface area contributed by atoms with E-state index in [-0.39, 0.29) is 11.9 Å². The van der Waals surface area contributed by atoms with Crippen LogP contribution in [0.4, 0.5) is 0 Å². The minimum atomic E-state index is -0.0205. The summed E-state index contributed by atoms with van der Waals surface area (Å²) in [5.41, 5.74) is 0.527. The van der Waals surface area contributed by atoms with Gasteiger partial charge >= 0.3 is 0 Å². The highest BCUT2D eigenvalue weighted by atomic mass is 35.5. The van der Waals surface area contributed by atoms with Crippen LogP contribution in [0.15, 0.2) is 16.7 Å². The molecule has 1 amide bonds. The fraction of sp³-hybridized carbons (Fsp3) is 0.500. The number of aromatic nitrogens is 3. The molecule has 0 unspecified atom stereocenters. The molecular formula is C14H18ClN5O2. The van der Waals surface area contributed by atoms with Gasteiger partial charge in [-0.15, -0.1) is 10.2 Å². The Morgan fingerprint density at radius 3 is 2.64 bits per heavy atom. The lowest BCUT2D eigenvalue weighted by molar-refractivity contribution is 0.0553. The molecule has 3 rings (SSSR count). The number of halogens is 1. The zero-order chi connectivity index (χ0) is 15.7. The van der Waals surface area contributed by atoms with Crippen LogP contribution in [0, 0.1) is 6.92 Å². The lowest BCUT2D eigenvalue weighted by Crippen LogP contribution is -2.49. The lowest BCUT2D eigenvalue weighted by Gasteiger charge is -2.36. The van der Waals surface area contributed by atoms with Gasteiger partial charge in [0.1, 0.15) is 5.69 Å². The third-order valence-corrected chi connectivity index (χ3v) is 4.14. The maximum atomic E-state index is 12.3. The summed E-state index contributed by atoms with van der Waals surface area (Å²) in [4.78, 5) is 19.3. The van der Waals surface area contributed by atoms with Crippen molar-refractivity contribution in [2.75, 3.05) is 26.2 Å². The Labute approximate surface area is 133 Å². The number of aromatic amines is 1. The fourth-order valence-electron chi connectivity index (χ4n) is 2.61. The van der Waals surface area contributed by atoms with Gasteiger partial charge in [-0.3, -0.25) is 9.69 Å². The first-order chi connectivity index (χ1) is 10.5. The standard InChI is InChI=1S/C14H18ClN5O2/c1-9(13-18-17-10(2)22-13)19-3-5-20(6-4-19)14(21)12-7-11(15)8-16-12/h7-9,16H,3-6H2,1-2H3/t9-/m0/s1. The fourth-order valence-corrected chi connectivity index (χ4v) is 2.77. The van der Waals surface area contributed by atoms with Crippen molar-refractivity contribution in [3.63, 3.8) is 0 Å². The van der Waals surface area contributed by atoms with Crippen molar-refractivity contribution in [2.45, 2.75) is 19.9 Å². The Kier molecular flexibility index (Phi) is 4.17. The molecule has 0 aromatic carbocycles. The van der Waals surface area contributed by atoms with Crippen LogP contribution in [0.2, 0.25) is 5.02 Å². The number of carbonyl (C=O) groups excluding carboxylic acids is 1. The molecule has 7 nitrogen and oxygen atoms in total. The summed E-state index contributed by atoms with van der Waals surface area (Å²) in [5.74, 6) is 1.17. The number of amides is 1. The van der Waals surface area contributed by atoms with Gasteiger partial charge in [-0.2, -0.15) is 0 Å². The Bertz CT molecular complexity index is 660. The van der Waals surface area contributed by atoms with Crippen LogP contribution in [-0.4, -0.2) is 57.1 Å². The molecule has 0 radical (unpaired) electrons. The monoisotopic (exact) mass is 323 g/mol. The minimum absolute atomic E-state index is 0.0205. The summed E-state index contributed by atoms with van der Waals surface area (Å²) in [6.45, 7) is 6.67. The summed E-state index contributed by atoms with van der Waals surface area (Å²) >= 11 is 5.84. The van der Waals surface area contributed by atoms with Crippen molar-refractivity contribution in [1.29, 1.82) is 0 Å². The molecular weight excluding hydrogens is 306 g/mol. The Morgan fingerprint density at radius 2 is 2.09 bits per heavy atom. The van der Waals surface area contributed by atoms with E-state index in [4.69, 9.17) is 16.0 Å². The van der Waals surface area contributed by atoms with Gasteiger partial charge in [0.2, 0.25) is 11.8 Å². The summed E-state index contributed by atoms with van der Waals surface area (Å²) in [5, 5.41) is 8.47. The highest BCUT2D eigenvalue weighted by molar-refractivity contribution is 6.30. The van der Waals surface area contributed by atoms with Gasteiger partial charge in [0.15, 0.2) is 0 Å². The third-order valence-electron chi connectivity index (χ3n) is 3.93. The van der Waals surface area contributed by atoms with E-state index in [1.165, 1.54) is 0 Å². The molecule has 0 bridgehead atoms. The number of H-pyrrole nitrogens is 1. The van der Waals surface area contributed by atoms with Crippen molar-refractivity contribution >= 4 is 17.5 Å². The van der Waals surface area contributed by atoms with Gasteiger partial charge in [0, 0.05) is 39.3 Å². The second-order valence-electron chi connectivity index (χ2n) is 5.40. The van der Waals surface area contributed by atoms with Gasteiger partial charge in [0.25, 0.3) is 5.91 Å². The molecule has 1 aliphatic heterocycles. The summed E-state index contributed by atoms with van der Waals surface area (Å²) < 4.78 is 5.48.